The lowest BCUT2D eigenvalue weighted by molar-refractivity contribution is 0.221. The molecule has 1 saturated heterocycles. The summed E-state index contributed by atoms with van der Waals surface area (Å²) in [4.78, 5) is 12.0. The van der Waals surface area contributed by atoms with Crippen molar-refractivity contribution >= 4 is 30.6 Å². The van der Waals surface area contributed by atoms with Gasteiger partial charge in [-0.2, -0.15) is 0 Å². The Labute approximate surface area is 80.0 Å². The number of carbonyl (C=O) groups excluding carboxylic acids is 1. The summed E-state index contributed by atoms with van der Waals surface area (Å²) in [6.07, 6.45) is 0.552. The Bertz CT molecular complexity index is 287. The van der Waals surface area contributed by atoms with E-state index in [1.807, 2.05) is 0 Å². The molecule has 1 atom stereocenters. The Hall–Kier alpha value is -0.100. The molecule has 4 nitrogen and oxygen atoms in total. The monoisotopic (exact) mass is 255 g/mol. The summed E-state index contributed by atoms with van der Waals surface area (Å²) in [6.45, 7) is 0. The summed E-state index contributed by atoms with van der Waals surface area (Å²) in [7, 11) is -1.29. The van der Waals surface area contributed by atoms with Crippen molar-refractivity contribution in [2.75, 3.05) is 18.6 Å². The van der Waals surface area contributed by atoms with E-state index in [-0.39, 0.29) is 22.4 Å². The quantitative estimate of drug-likeness (QED) is 0.510. The van der Waals surface area contributed by atoms with Crippen LogP contribution in [-0.2, 0) is 9.84 Å². The van der Waals surface area contributed by atoms with Crippen molar-refractivity contribution in [3.63, 3.8) is 0 Å². The molecule has 0 aliphatic carbocycles. The lowest BCUT2D eigenvalue weighted by Gasteiger charge is -2.19. The van der Waals surface area contributed by atoms with Gasteiger partial charge in [-0.3, -0.25) is 4.79 Å². The van der Waals surface area contributed by atoms with E-state index in [0.717, 1.165) is 0 Å². The number of nitrogens with zero attached hydrogens (tertiary/aromatic N) is 1. The predicted octanol–water partition coefficient (Wildman–Crippen LogP) is 0.620. The van der Waals surface area contributed by atoms with Crippen LogP contribution in [0, 0.1) is 0 Å². The van der Waals surface area contributed by atoms with Crippen molar-refractivity contribution in [2.24, 2.45) is 0 Å². The largest absolute Gasteiger partial charge is 0.332 e. The topological polar surface area (TPSA) is 54.5 Å². The van der Waals surface area contributed by atoms with Gasteiger partial charge in [-0.1, -0.05) is 0 Å². The Balaban J connectivity index is 2.64. The molecule has 1 aliphatic heterocycles. The van der Waals surface area contributed by atoms with Crippen molar-refractivity contribution in [3.8, 4) is 0 Å². The molecule has 6 heteroatoms. The molecule has 12 heavy (non-hydrogen) atoms. The van der Waals surface area contributed by atoms with Crippen LogP contribution < -0.4 is 0 Å². The highest BCUT2D eigenvalue weighted by molar-refractivity contribution is 9.18. The van der Waals surface area contributed by atoms with Crippen LogP contribution in [0.4, 0.5) is 4.79 Å². The fourth-order valence-electron chi connectivity index (χ4n) is 1.22. The summed E-state index contributed by atoms with van der Waals surface area (Å²) in [5.41, 5.74) is 0. The third kappa shape index (κ3) is 2.20. The first kappa shape index (κ1) is 9.98. The first-order valence-corrected chi connectivity index (χ1v) is 6.16. The van der Waals surface area contributed by atoms with Gasteiger partial charge in [0.15, 0.2) is 9.84 Å². The van der Waals surface area contributed by atoms with Crippen LogP contribution in [0.5, 0.6) is 0 Å². The number of amides is 1. The zero-order valence-electron chi connectivity index (χ0n) is 6.66. The number of sulfone groups is 1. The number of hydrogen-bond acceptors (Lipinski definition) is 3. The van der Waals surface area contributed by atoms with E-state index in [1.54, 1.807) is 7.05 Å². The van der Waals surface area contributed by atoms with Crippen molar-refractivity contribution in [1.82, 2.24) is 4.90 Å². The molecule has 1 unspecified atom stereocenters. The first-order chi connectivity index (χ1) is 5.42. The van der Waals surface area contributed by atoms with Gasteiger partial charge < -0.3 is 4.90 Å². The molecule has 0 aromatic heterocycles. The molecule has 70 valence electrons. The van der Waals surface area contributed by atoms with E-state index in [2.05, 4.69) is 15.9 Å². The van der Waals surface area contributed by atoms with Gasteiger partial charge in [-0.15, -0.1) is 0 Å². The van der Waals surface area contributed by atoms with Gasteiger partial charge in [-0.25, -0.2) is 8.42 Å². The molecule has 1 heterocycles. The zero-order chi connectivity index (χ0) is 9.35. The van der Waals surface area contributed by atoms with Crippen LogP contribution in [0.2, 0.25) is 0 Å². The second-order valence-electron chi connectivity index (χ2n) is 2.92. The lowest BCUT2D eigenvalue weighted by atomic mass is 10.2. The molecule has 0 aromatic carbocycles. The maximum absolute atomic E-state index is 11.0. The van der Waals surface area contributed by atoms with Gasteiger partial charge >= 0.3 is 0 Å². The van der Waals surface area contributed by atoms with Crippen LogP contribution in [0.1, 0.15) is 6.42 Å². The molecule has 0 bridgehead atoms. The Morgan fingerprint density at radius 3 is 2.50 bits per heavy atom. The predicted molar refractivity (Wildman–Crippen MR) is 49.1 cm³/mol. The minimum Gasteiger partial charge on any atom is -0.332 e. The van der Waals surface area contributed by atoms with Crippen molar-refractivity contribution in [3.05, 3.63) is 0 Å². The van der Waals surface area contributed by atoms with Gasteiger partial charge in [0, 0.05) is 29.0 Å². The van der Waals surface area contributed by atoms with Crippen LogP contribution in [0.15, 0.2) is 0 Å². The second-order valence-corrected chi connectivity index (χ2v) is 5.83. The third-order valence-electron chi connectivity index (χ3n) is 2.03. The summed E-state index contributed by atoms with van der Waals surface area (Å²) < 4.78 is 22.0. The fourth-order valence-corrected chi connectivity index (χ4v) is 3.29. The molecular weight excluding hydrogens is 246 g/mol. The standard InChI is InChI=1S/C6H10BrNO3S/c1-8(6(7)9)5-2-3-12(10,11)4-5/h5H,2-4H2,1H3. The van der Waals surface area contributed by atoms with Crippen molar-refractivity contribution < 1.29 is 13.2 Å². The number of halogens is 1. The van der Waals surface area contributed by atoms with E-state index >= 15 is 0 Å². The fraction of sp³-hybridized carbons (Fsp3) is 0.833. The van der Waals surface area contributed by atoms with Crippen LogP contribution in [-0.4, -0.2) is 42.7 Å². The molecule has 0 N–H and O–H groups in total. The van der Waals surface area contributed by atoms with E-state index in [0.29, 0.717) is 6.42 Å². The lowest BCUT2D eigenvalue weighted by Crippen LogP contribution is -2.34. The molecule has 0 spiro atoms. The third-order valence-corrected chi connectivity index (χ3v) is 4.34. The number of carbonyl (C=O) groups is 1. The van der Waals surface area contributed by atoms with Crippen molar-refractivity contribution in [1.29, 1.82) is 0 Å². The molecule has 0 aromatic rings. The first-order valence-electron chi connectivity index (χ1n) is 3.55. The Morgan fingerprint density at radius 2 is 2.17 bits per heavy atom. The van der Waals surface area contributed by atoms with Crippen LogP contribution >= 0.6 is 15.9 Å². The van der Waals surface area contributed by atoms with E-state index in [9.17, 15) is 13.2 Å². The average Bonchev–Trinajstić information content (AvgIpc) is 2.28. The molecule has 1 aliphatic rings. The maximum atomic E-state index is 11.0. The number of rotatable bonds is 1. The van der Waals surface area contributed by atoms with Gasteiger partial charge in [-0.05, 0) is 6.42 Å². The van der Waals surface area contributed by atoms with E-state index < -0.39 is 9.84 Å². The molecule has 0 radical (unpaired) electrons. The summed E-state index contributed by atoms with van der Waals surface area (Å²) >= 11 is 2.78. The normalized spacial score (nSPS) is 27.0. The summed E-state index contributed by atoms with van der Waals surface area (Å²) in [5, 5.41) is 0. The highest BCUT2D eigenvalue weighted by atomic mass is 79.9. The number of hydrogen-bond donors (Lipinski definition) is 0. The van der Waals surface area contributed by atoms with Crippen LogP contribution in [0.25, 0.3) is 0 Å². The molecular formula is C6H10BrNO3S. The van der Waals surface area contributed by atoms with E-state index in [1.165, 1.54) is 4.90 Å². The molecule has 0 saturated carbocycles. The summed E-state index contributed by atoms with van der Waals surface area (Å²) in [6, 6.07) is -0.151. The minimum atomic E-state index is -2.89. The van der Waals surface area contributed by atoms with Gasteiger partial charge in [0.05, 0.1) is 11.5 Å². The van der Waals surface area contributed by atoms with Gasteiger partial charge in [0.2, 0.25) is 0 Å². The molecule has 1 rings (SSSR count). The summed E-state index contributed by atoms with van der Waals surface area (Å²) in [5.74, 6) is 0.295. The smallest absolute Gasteiger partial charge is 0.289 e. The van der Waals surface area contributed by atoms with Crippen molar-refractivity contribution in [2.45, 2.75) is 12.5 Å². The Morgan fingerprint density at radius 1 is 1.58 bits per heavy atom. The molecule has 1 amide bonds. The second kappa shape index (κ2) is 3.33. The zero-order valence-corrected chi connectivity index (χ0v) is 9.06. The SMILES string of the molecule is CN(C(=O)Br)C1CCS(=O)(=O)C1. The minimum absolute atomic E-state index is 0.0981. The Kier molecular flexibility index (Phi) is 2.77. The van der Waals surface area contributed by atoms with E-state index in [4.69, 9.17) is 0 Å². The van der Waals surface area contributed by atoms with Gasteiger partial charge in [0.1, 0.15) is 0 Å². The maximum Gasteiger partial charge on any atom is 0.289 e. The highest BCUT2D eigenvalue weighted by Crippen LogP contribution is 2.17. The average molecular weight is 256 g/mol. The van der Waals surface area contributed by atoms with Crippen LogP contribution in [0.3, 0.4) is 0 Å². The highest BCUT2D eigenvalue weighted by Gasteiger charge is 2.31. The van der Waals surface area contributed by atoms with Gasteiger partial charge in [0.25, 0.3) is 4.82 Å². The molecule has 1 fully saturated rings.